The van der Waals surface area contributed by atoms with Gasteiger partial charge in [0.15, 0.2) is 0 Å². The average Bonchev–Trinajstić information content (AvgIpc) is 3.28. The number of piperidine rings is 1. The van der Waals surface area contributed by atoms with E-state index in [0.717, 1.165) is 59.3 Å². The van der Waals surface area contributed by atoms with Gasteiger partial charge in [-0.2, -0.15) is 0 Å². The zero-order chi connectivity index (χ0) is 21.3. The Morgan fingerprint density at radius 3 is 2.53 bits per heavy atom. The van der Waals surface area contributed by atoms with E-state index in [1.54, 1.807) is 23.5 Å². The fraction of sp³-hybridized carbons (Fsp3) is 0.391. The summed E-state index contributed by atoms with van der Waals surface area (Å²) in [5.74, 6) is -0.0809. The number of nitrogens with zero attached hydrogens (tertiary/aromatic N) is 3. The molecule has 3 heterocycles. The molecule has 1 fully saturated rings. The summed E-state index contributed by atoms with van der Waals surface area (Å²) >= 11 is 1.64. The average molecular weight is 427 g/mol. The second-order valence-corrected chi connectivity index (χ2v) is 8.99. The molecule has 0 aliphatic carbocycles. The molecule has 0 atom stereocenters. The number of hydrogen-bond donors (Lipinski definition) is 1. The molecule has 30 heavy (non-hydrogen) atoms. The maximum atomic E-state index is 13.1. The third kappa shape index (κ3) is 4.41. The Bertz CT molecular complexity index is 1030. The van der Waals surface area contributed by atoms with Crippen LogP contribution in [0.15, 0.2) is 35.7 Å². The molecule has 5 nitrogen and oxygen atoms in total. The lowest BCUT2D eigenvalue weighted by molar-refractivity contribution is -0.132. The normalized spacial score (nSPS) is 14.9. The van der Waals surface area contributed by atoms with E-state index in [9.17, 15) is 9.18 Å². The van der Waals surface area contributed by atoms with Gasteiger partial charge in [-0.25, -0.2) is 9.37 Å². The van der Waals surface area contributed by atoms with Crippen molar-refractivity contribution in [3.63, 3.8) is 0 Å². The summed E-state index contributed by atoms with van der Waals surface area (Å²) in [5.41, 5.74) is 5.17. The number of aromatic nitrogens is 2. The van der Waals surface area contributed by atoms with Crippen LogP contribution in [0.5, 0.6) is 0 Å². The maximum absolute atomic E-state index is 13.1. The van der Waals surface area contributed by atoms with Gasteiger partial charge in [-0.05, 0) is 63.9 Å². The molecule has 1 aliphatic rings. The largest absolute Gasteiger partial charge is 0.382 e. The third-order valence-corrected chi connectivity index (χ3v) is 6.60. The van der Waals surface area contributed by atoms with Crippen molar-refractivity contribution in [3.8, 4) is 11.3 Å². The fourth-order valence-corrected chi connectivity index (χ4v) is 4.69. The van der Waals surface area contributed by atoms with Gasteiger partial charge >= 0.3 is 0 Å². The first kappa shape index (κ1) is 20.6. The highest BCUT2D eigenvalue weighted by Crippen LogP contribution is 2.28. The summed E-state index contributed by atoms with van der Waals surface area (Å²) in [7, 11) is 0. The lowest BCUT2D eigenvalue weighted by Crippen LogP contribution is -2.43. The highest BCUT2D eigenvalue weighted by molar-refractivity contribution is 7.09. The van der Waals surface area contributed by atoms with E-state index in [2.05, 4.69) is 33.2 Å². The fourth-order valence-electron chi connectivity index (χ4n) is 4.08. The number of thiazole rings is 1. The topological polar surface area (TPSA) is 50.2 Å². The van der Waals surface area contributed by atoms with Crippen molar-refractivity contribution < 1.29 is 9.18 Å². The number of rotatable bonds is 5. The van der Waals surface area contributed by atoms with Crippen LogP contribution in [-0.4, -0.2) is 39.5 Å². The standard InChI is InChI=1S/C23H27FN4OS/c1-15-12-21(22-14-30-17(3)25-22)16(2)28(15)13-23(29)27-10-8-20(9-11-27)26-19-6-4-18(24)5-7-19/h4-7,12,14,20,26H,8-11,13H2,1-3H3. The minimum Gasteiger partial charge on any atom is -0.382 e. The molecule has 0 bridgehead atoms. The lowest BCUT2D eigenvalue weighted by atomic mass is 10.0. The van der Waals surface area contributed by atoms with E-state index in [-0.39, 0.29) is 11.7 Å². The van der Waals surface area contributed by atoms with E-state index in [1.165, 1.54) is 12.1 Å². The number of hydrogen-bond acceptors (Lipinski definition) is 4. The monoisotopic (exact) mass is 426 g/mol. The van der Waals surface area contributed by atoms with Crippen LogP contribution < -0.4 is 5.32 Å². The SMILES string of the molecule is Cc1nc(-c2cc(C)n(CC(=O)N3CCC(Nc4ccc(F)cc4)CC3)c2C)cs1. The number of carbonyl (C=O) groups excluding carboxylic acids is 1. The van der Waals surface area contributed by atoms with Crippen LogP contribution in [0, 0.1) is 26.6 Å². The zero-order valence-corrected chi connectivity index (χ0v) is 18.4. The minimum atomic E-state index is -0.232. The second-order valence-electron chi connectivity index (χ2n) is 7.93. The molecular weight excluding hydrogens is 399 g/mol. The van der Waals surface area contributed by atoms with E-state index >= 15 is 0 Å². The first-order valence-electron chi connectivity index (χ1n) is 10.3. The molecule has 7 heteroatoms. The van der Waals surface area contributed by atoms with Crippen molar-refractivity contribution in [1.82, 2.24) is 14.5 Å². The number of carbonyl (C=O) groups is 1. The van der Waals surface area contributed by atoms with E-state index < -0.39 is 0 Å². The van der Waals surface area contributed by atoms with E-state index in [0.29, 0.717) is 12.6 Å². The van der Waals surface area contributed by atoms with Crippen LogP contribution in [0.3, 0.4) is 0 Å². The Morgan fingerprint density at radius 1 is 1.20 bits per heavy atom. The van der Waals surface area contributed by atoms with Gasteiger partial charge in [-0.1, -0.05) is 0 Å². The van der Waals surface area contributed by atoms with Crippen molar-refractivity contribution in [1.29, 1.82) is 0 Å². The molecule has 1 aliphatic heterocycles. The smallest absolute Gasteiger partial charge is 0.242 e. The number of nitrogens with one attached hydrogen (secondary N) is 1. The summed E-state index contributed by atoms with van der Waals surface area (Å²) < 4.78 is 15.2. The first-order chi connectivity index (χ1) is 14.4. The first-order valence-corrected chi connectivity index (χ1v) is 11.2. The van der Waals surface area contributed by atoms with Gasteiger partial charge in [0.05, 0.1) is 10.7 Å². The zero-order valence-electron chi connectivity index (χ0n) is 17.6. The molecule has 0 spiro atoms. The number of benzene rings is 1. The summed E-state index contributed by atoms with van der Waals surface area (Å²) in [6.07, 6.45) is 1.77. The summed E-state index contributed by atoms with van der Waals surface area (Å²) in [5, 5.41) is 6.56. The molecule has 1 amide bonds. The third-order valence-electron chi connectivity index (χ3n) is 5.82. The molecule has 158 valence electrons. The number of halogens is 1. The molecular formula is C23H27FN4OS. The van der Waals surface area contributed by atoms with E-state index in [1.807, 2.05) is 18.7 Å². The quantitative estimate of drug-likeness (QED) is 0.639. The Kier molecular flexibility index (Phi) is 5.90. The van der Waals surface area contributed by atoms with Crippen LogP contribution in [0.1, 0.15) is 29.2 Å². The predicted molar refractivity (Wildman–Crippen MR) is 119 cm³/mol. The highest BCUT2D eigenvalue weighted by Gasteiger charge is 2.24. The molecule has 0 radical (unpaired) electrons. The van der Waals surface area contributed by atoms with Gasteiger partial charge in [0, 0.05) is 47.2 Å². The summed E-state index contributed by atoms with van der Waals surface area (Å²) in [4.78, 5) is 19.5. The molecule has 4 rings (SSSR count). The summed E-state index contributed by atoms with van der Waals surface area (Å²) in [6, 6.07) is 8.86. The molecule has 1 saturated heterocycles. The van der Waals surface area contributed by atoms with Gasteiger partial charge in [-0.15, -0.1) is 11.3 Å². The second kappa shape index (κ2) is 8.60. The molecule has 2 aromatic heterocycles. The van der Waals surface area contributed by atoms with Crippen molar-refractivity contribution >= 4 is 22.9 Å². The van der Waals surface area contributed by atoms with Crippen LogP contribution in [-0.2, 0) is 11.3 Å². The van der Waals surface area contributed by atoms with Gasteiger partial charge in [-0.3, -0.25) is 4.79 Å². The van der Waals surface area contributed by atoms with E-state index in [4.69, 9.17) is 0 Å². The number of likely N-dealkylation sites (tertiary alicyclic amines) is 1. The minimum absolute atomic E-state index is 0.151. The van der Waals surface area contributed by atoms with Crippen molar-refractivity contribution in [2.75, 3.05) is 18.4 Å². The van der Waals surface area contributed by atoms with Crippen LogP contribution in [0.25, 0.3) is 11.3 Å². The number of amides is 1. The Morgan fingerprint density at radius 2 is 1.90 bits per heavy atom. The van der Waals surface area contributed by atoms with Gasteiger partial charge in [0.25, 0.3) is 0 Å². The Balaban J connectivity index is 1.36. The van der Waals surface area contributed by atoms with Crippen molar-refractivity contribution in [2.24, 2.45) is 0 Å². The number of aryl methyl sites for hydroxylation is 2. The predicted octanol–water partition coefficient (Wildman–Crippen LogP) is 4.78. The molecule has 3 aromatic rings. The van der Waals surface area contributed by atoms with Crippen LogP contribution >= 0.6 is 11.3 Å². The Hall–Kier alpha value is -2.67. The van der Waals surface area contributed by atoms with Crippen molar-refractivity contribution in [3.05, 3.63) is 57.9 Å². The maximum Gasteiger partial charge on any atom is 0.242 e. The molecule has 0 saturated carbocycles. The Labute approximate surface area is 180 Å². The summed E-state index contributed by atoms with van der Waals surface area (Å²) in [6.45, 7) is 7.93. The van der Waals surface area contributed by atoms with Crippen LogP contribution in [0.4, 0.5) is 10.1 Å². The highest BCUT2D eigenvalue weighted by atomic mass is 32.1. The molecule has 1 N–H and O–H groups in total. The van der Waals surface area contributed by atoms with Gasteiger partial charge in [0.1, 0.15) is 12.4 Å². The van der Waals surface area contributed by atoms with Gasteiger partial charge in [0.2, 0.25) is 5.91 Å². The van der Waals surface area contributed by atoms with Gasteiger partial charge < -0.3 is 14.8 Å². The number of anilines is 1. The molecule has 1 aromatic carbocycles. The lowest BCUT2D eigenvalue weighted by Gasteiger charge is -2.33. The van der Waals surface area contributed by atoms with Crippen LogP contribution in [0.2, 0.25) is 0 Å². The molecule has 0 unspecified atom stereocenters. The van der Waals surface area contributed by atoms with Crippen molar-refractivity contribution in [2.45, 2.75) is 46.2 Å².